The van der Waals surface area contributed by atoms with Gasteiger partial charge in [0.15, 0.2) is 0 Å². The highest BCUT2D eigenvalue weighted by Gasteiger charge is 2.35. The number of nitrogens with one attached hydrogen (secondary N) is 1. The summed E-state index contributed by atoms with van der Waals surface area (Å²) in [6.45, 7) is 11.6. The number of carbonyl (C=O) groups is 1. The summed E-state index contributed by atoms with van der Waals surface area (Å²) in [5, 5.41) is 5.10. The van der Waals surface area contributed by atoms with Gasteiger partial charge in [-0.15, -0.1) is 0 Å². The molecule has 2 aromatic carbocycles. The summed E-state index contributed by atoms with van der Waals surface area (Å²) in [7, 11) is 0. The highest BCUT2D eigenvalue weighted by atomic mass is 16.5. The second-order valence-corrected chi connectivity index (χ2v) is 7.99. The van der Waals surface area contributed by atoms with Crippen LogP contribution < -0.4 is 10.1 Å². The third kappa shape index (κ3) is 5.71. The lowest BCUT2D eigenvalue weighted by molar-refractivity contribution is -0.141. The first-order valence-electron chi connectivity index (χ1n) is 10.5. The normalized spacial score (nSPS) is 13.5. The molecule has 1 atom stereocenters. The van der Waals surface area contributed by atoms with E-state index in [0.29, 0.717) is 25.6 Å². The standard InChI is InChI=1S/C24H35NO3/c1-6-8-16-27-22-14-13-21(19-11-9-10-12-20(19)22)25-23(26)24(5,17-18(3)4)28-15-7-2/h9-14,18H,6-8,15-17H2,1-5H3,(H,25,26)/t24-/m0/s1. The van der Waals surface area contributed by atoms with E-state index in [1.54, 1.807) is 0 Å². The fourth-order valence-electron chi connectivity index (χ4n) is 3.41. The second-order valence-electron chi connectivity index (χ2n) is 7.99. The van der Waals surface area contributed by atoms with E-state index in [4.69, 9.17) is 9.47 Å². The van der Waals surface area contributed by atoms with Crippen LogP contribution >= 0.6 is 0 Å². The number of fused-ring (bicyclic) bond motifs is 1. The number of ether oxygens (including phenoxy) is 2. The second kappa shape index (κ2) is 10.5. The van der Waals surface area contributed by atoms with Crippen molar-refractivity contribution in [1.29, 1.82) is 0 Å². The molecule has 28 heavy (non-hydrogen) atoms. The number of hydrogen-bond donors (Lipinski definition) is 1. The summed E-state index contributed by atoms with van der Waals surface area (Å²) < 4.78 is 11.9. The van der Waals surface area contributed by atoms with Gasteiger partial charge >= 0.3 is 0 Å². The average Bonchev–Trinajstić information content (AvgIpc) is 2.67. The van der Waals surface area contributed by atoms with Gasteiger partial charge in [0.1, 0.15) is 11.4 Å². The Balaban J connectivity index is 2.29. The van der Waals surface area contributed by atoms with Crippen molar-refractivity contribution in [1.82, 2.24) is 0 Å². The molecule has 0 heterocycles. The van der Waals surface area contributed by atoms with Gasteiger partial charge in [-0.2, -0.15) is 0 Å². The summed E-state index contributed by atoms with van der Waals surface area (Å²) in [4.78, 5) is 13.1. The Bertz CT molecular complexity index is 772. The SMILES string of the molecule is CCCCOc1ccc(NC(=O)[C@](C)(CC(C)C)OCCC)c2ccccc12. The number of unbranched alkanes of at least 4 members (excludes halogenated alkanes) is 1. The fraction of sp³-hybridized carbons (Fsp3) is 0.542. The van der Waals surface area contributed by atoms with E-state index in [1.807, 2.05) is 43.3 Å². The molecule has 4 nitrogen and oxygen atoms in total. The van der Waals surface area contributed by atoms with Crippen molar-refractivity contribution in [3.05, 3.63) is 36.4 Å². The van der Waals surface area contributed by atoms with E-state index in [-0.39, 0.29) is 5.91 Å². The molecule has 0 unspecified atom stereocenters. The highest BCUT2D eigenvalue weighted by Crippen LogP contribution is 2.33. The molecular formula is C24H35NO3. The van der Waals surface area contributed by atoms with Gasteiger partial charge in [0, 0.05) is 23.1 Å². The number of rotatable bonds is 11. The Kier molecular flexibility index (Phi) is 8.31. The summed E-state index contributed by atoms with van der Waals surface area (Å²) in [5.41, 5.74) is -0.0554. The Morgan fingerprint density at radius 1 is 1.04 bits per heavy atom. The van der Waals surface area contributed by atoms with Gasteiger partial charge in [-0.25, -0.2) is 0 Å². The van der Waals surface area contributed by atoms with Crippen LogP contribution in [0, 0.1) is 5.92 Å². The van der Waals surface area contributed by atoms with Crippen LogP contribution in [0.1, 0.15) is 60.3 Å². The third-order valence-electron chi connectivity index (χ3n) is 4.79. The van der Waals surface area contributed by atoms with Crippen LogP contribution in [0.5, 0.6) is 5.75 Å². The van der Waals surface area contributed by atoms with Gasteiger partial charge in [0.2, 0.25) is 0 Å². The molecule has 0 aliphatic heterocycles. The van der Waals surface area contributed by atoms with Gasteiger partial charge in [-0.1, -0.05) is 58.4 Å². The number of benzene rings is 2. The zero-order valence-electron chi connectivity index (χ0n) is 18.0. The van der Waals surface area contributed by atoms with E-state index in [0.717, 1.165) is 41.5 Å². The zero-order chi connectivity index (χ0) is 20.6. The summed E-state index contributed by atoms with van der Waals surface area (Å²) >= 11 is 0. The van der Waals surface area contributed by atoms with E-state index in [9.17, 15) is 4.79 Å². The molecule has 1 amide bonds. The average molecular weight is 386 g/mol. The van der Waals surface area contributed by atoms with Crippen LogP contribution in [-0.2, 0) is 9.53 Å². The van der Waals surface area contributed by atoms with Gasteiger partial charge < -0.3 is 14.8 Å². The zero-order valence-corrected chi connectivity index (χ0v) is 18.0. The quantitative estimate of drug-likeness (QED) is 0.469. The number of hydrogen-bond acceptors (Lipinski definition) is 3. The number of anilines is 1. The minimum atomic E-state index is -0.846. The molecule has 0 aliphatic rings. The minimum absolute atomic E-state index is 0.0977. The van der Waals surface area contributed by atoms with Gasteiger partial charge in [0.25, 0.3) is 5.91 Å². The Morgan fingerprint density at radius 3 is 2.39 bits per heavy atom. The summed E-state index contributed by atoms with van der Waals surface area (Å²) in [6.07, 6.45) is 3.68. The van der Waals surface area contributed by atoms with Crippen molar-refractivity contribution in [2.75, 3.05) is 18.5 Å². The van der Waals surface area contributed by atoms with Crippen LogP contribution in [0.3, 0.4) is 0 Å². The predicted molar refractivity (Wildman–Crippen MR) is 117 cm³/mol. The number of amides is 1. The first-order valence-corrected chi connectivity index (χ1v) is 10.5. The van der Waals surface area contributed by atoms with Crippen molar-refractivity contribution in [3.63, 3.8) is 0 Å². The number of carbonyl (C=O) groups excluding carboxylic acids is 1. The molecule has 0 saturated carbocycles. The fourth-order valence-corrected chi connectivity index (χ4v) is 3.41. The topological polar surface area (TPSA) is 47.6 Å². The molecule has 0 saturated heterocycles. The lowest BCUT2D eigenvalue weighted by atomic mass is 9.92. The van der Waals surface area contributed by atoms with Crippen LogP contribution in [0.15, 0.2) is 36.4 Å². The van der Waals surface area contributed by atoms with Crippen molar-refractivity contribution >= 4 is 22.4 Å². The van der Waals surface area contributed by atoms with E-state index >= 15 is 0 Å². The lowest BCUT2D eigenvalue weighted by Gasteiger charge is -2.30. The van der Waals surface area contributed by atoms with E-state index in [2.05, 4.69) is 33.0 Å². The van der Waals surface area contributed by atoms with E-state index < -0.39 is 5.60 Å². The smallest absolute Gasteiger partial charge is 0.256 e. The maximum atomic E-state index is 13.1. The largest absolute Gasteiger partial charge is 0.493 e. The van der Waals surface area contributed by atoms with Crippen LogP contribution in [0.2, 0.25) is 0 Å². The van der Waals surface area contributed by atoms with Crippen LogP contribution in [0.25, 0.3) is 10.8 Å². The van der Waals surface area contributed by atoms with Crippen molar-refractivity contribution < 1.29 is 14.3 Å². The molecule has 0 aliphatic carbocycles. The molecular weight excluding hydrogens is 350 g/mol. The summed E-state index contributed by atoms with van der Waals surface area (Å²) in [5.74, 6) is 1.12. The Labute approximate surface area is 169 Å². The predicted octanol–water partition coefficient (Wildman–Crippen LogP) is 6.19. The summed E-state index contributed by atoms with van der Waals surface area (Å²) in [6, 6.07) is 11.9. The van der Waals surface area contributed by atoms with Crippen molar-refractivity contribution in [2.45, 2.75) is 65.9 Å². The lowest BCUT2D eigenvalue weighted by Crippen LogP contribution is -2.44. The molecule has 2 rings (SSSR count). The monoisotopic (exact) mass is 385 g/mol. The molecule has 0 spiro atoms. The molecule has 1 N–H and O–H groups in total. The first kappa shape index (κ1) is 22.2. The molecule has 0 aromatic heterocycles. The Morgan fingerprint density at radius 2 is 1.75 bits per heavy atom. The van der Waals surface area contributed by atoms with Crippen molar-refractivity contribution in [2.24, 2.45) is 5.92 Å². The molecule has 0 radical (unpaired) electrons. The molecule has 154 valence electrons. The minimum Gasteiger partial charge on any atom is -0.493 e. The molecule has 0 fully saturated rings. The van der Waals surface area contributed by atoms with E-state index in [1.165, 1.54) is 0 Å². The molecule has 0 bridgehead atoms. The molecule has 4 heteroatoms. The van der Waals surface area contributed by atoms with Gasteiger partial charge in [0.05, 0.1) is 6.61 Å². The van der Waals surface area contributed by atoms with Crippen LogP contribution in [-0.4, -0.2) is 24.7 Å². The third-order valence-corrected chi connectivity index (χ3v) is 4.79. The Hall–Kier alpha value is -2.07. The van der Waals surface area contributed by atoms with Gasteiger partial charge in [-0.05, 0) is 44.2 Å². The molecule has 2 aromatic rings. The van der Waals surface area contributed by atoms with Gasteiger partial charge in [-0.3, -0.25) is 4.79 Å². The first-order chi connectivity index (χ1) is 13.4. The van der Waals surface area contributed by atoms with Crippen molar-refractivity contribution in [3.8, 4) is 5.75 Å². The van der Waals surface area contributed by atoms with Crippen LogP contribution in [0.4, 0.5) is 5.69 Å². The maximum absolute atomic E-state index is 13.1. The maximum Gasteiger partial charge on any atom is 0.256 e. The highest BCUT2D eigenvalue weighted by molar-refractivity contribution is 6.06.